The molecule has 1 aromatic heterocycles. The van der Waals surface area contributed by atoms with Crippen molar-refractivity contribution >= 4 is 17.5 Å². The molecule has 0 saturated heterocycles. The molecule has 2 heterocycles. The SMILES string of the molecule is O=C(Cn1nc2n(c1=O)CCN(Cc1ccccc1F)C2=O)Nc1cc(F)ccc1F. The average Bonchev–Trinajstić information content (AvgIpc) is 3.04. The van der Waals surface area contributed by atoms with E-state index in [1.54, 1.807) is 12.1 Å². The molecule has 0 bridgehead atoms. The fraction of sp³-hybridized carbons (Fsp3) is 0.200. The minimum atomic E-state index is -0.842. The van der Waals surface area contributed by atoms with E-state index in [1.165, 1.54) is 17.0 Å². The van der Waals surface area contributed by atoms with Gasteiger partial charge < -0.3 is 10.2 Å². The van der Waals surface area contributed by atoms with Crippen LogP contribution in [-0.4, -0.2) is 37.6 Å². The number of halogens is 3. The van der Waals surface area contributed by atoms with Gasteiger partial charge in [-0.1, -0.05) is 18.2 Å². The third kappa shape index (κ3) is 4.06. The predicted octanol–water partition coefficient (Wildman–Crippen LogP) is 1.76. The van der Waals surface area contributed by atoms with Gasteiger partial charge in [0, 0.05) is 31.3 Å². The van der Waals surface area contributed by atoms with E-state index in [-0.39, 0.29) is 31.1 Å². The lowest BCUT2D eigenvalue weighted by molar-refractivity contribution is -0.117. The van der Waals surface area contributed by atoms with Crippen molar-refractivity contribution in [2.75, 3.05) is 11.9 Å². The molecule has 31 heavy (non-hydrogen) atoms. The maximum Gasteiger partial charge on any atom is 0.346 e. The van der Waals surface area contributed by atoms with Crippen LogP contribution in [0.25, 0.3) is 0 Å². The number of hydrogen-bond donors (Lipinski definition) is 1. The van der Waals surface area contributed by atoms with Crippen LogP contribution in [-0.2, 0) is 24.4 Å². The number of nitrogens with one attached hydrogen (secondary N) is 1. The van der Waals surface area contributed by atoms with E-state index in [2.05, 4.69) is 10.4 Å². The second-order valence-electron chi connectivity index (χ2n) is 6.91. The van der Waals surface area contributed by atoms with E-state index in [0.29, 0.717) is 5.56 Å². The standard InChI is InChI=1S/C20H16F3N5O3/c21-13-5-6-15(23)16(9-13)24-17(29)11-28-20(31)27-8-7-26(19(30)18(27)25-28)10-12-3-1-2-4-14(12)22/h1-6,9H,7-8,10-11H2,(H,24,29). The van der Waals surface area contributed by atoms with Crippen LogP contribution in [0.3, 0.4) is 0 Å². The third-order valence-electron chi connectivity index (χ3n) is 4.81. The summed E-state index contributed by atoms with van der Waals surface area (Å²) >= 11 is 0. The van der Waals surface area contributed by atoms with E-state index in [1.807, 2.05) is 0 Å². The molecular weight excluding hydrogens is 415 g/mol. The van der Waals surface area contributed by atoms with Crippen molar-refractivity contribution in [3.05, 3.63) is 81.8 Å². The number of nitrogens with zero attached hydrogens (tertiary/aromatic N) is 4. The number of benzene rings is 2. The molecule has 160 valence electrons. The molecule has 0 aliphatic carbocycles. The molecule has 2 aromatic carbocycles. The molecule has 0 fully saturated rings. The Kier molecular flexibility index (Phi) is 5.32. The van der Waals surface area contributed by atoms with Gasteiger partial charge in [0.15, 0.2) is 0 Å². The Hall–Kier alpha value is -3.89. The fourth-order valence-electron chi connectivity index (χ4n) is 3.27. The molecule has 4 rings (SSSR count). The molecule has 11 heteroatoms. The van der Waals surface area contributed by atoms with Crippen LogP contribution in [0.1, 0.15) is 16.2 Å². The Bertz CT molecular complexity index is 1240. The summed E-state index contributed by atoms with van der Waals surface area (Å²) in [6, 6.07) is 8.59. The van der Waals surface area contributed by atoms with E-state index in [4.69, 9.17) is 0 Å². The summed E-state index contributed by atoms with van der Waals surface area (Å²) < 4.78 is 42.7. The maximum atomic E-state index is 13.9. The van der Waals surface area contributed by atoms with E-state index < -0.39 is 41.5 Å². The highest BCUT2D eigenvalue weighted by Gasteiger charge is 2.30. The van der Waals surface area contributed by atoms with Gasteiger partial charge in [0.2, 0.25) is 11.7 Å². The van der Waals surface area contributed by atoms with Crippen LogP contribution in [0, 0.1) is 17.5 Å². The van der Waals surface area contributed by atoms with Crippen molar-refractivity contribution in [1.29, 1.82) is 0 Å². The van der Waals surface area contributed by atoms with E-state index in [0.717, 1.165) is 27.4 Å². The Balaban J connectivity index is 1.51. The lowest BCUT2D eigenvalue weighted by atomic mass is 10.2. The number of amides is 2. The molecular formula is C20H16F3N5O3. The van der Waals surface area contributed by atoms with Crippen molar-refractivity contribution in [2.24, 2.45) is 0 Å². The quantitative estimate of drug-likeness (QED) is 0.667. The lowest BCUT2D eigenvalue weighted by Gasteiger charge is -2.26. The van der Waals surface area contributed by atoms with E-state index in [9.17, 15) is 27.6 Å². The van der Waals surface area contributed by atoms with Gasteiger partial charge in [-0.25, -0.2) is 22.6 Å². The summed E-state index contributed by atoms with van der Waals surface area (Å²) in [4.78, 5) is 38.8. The predicted molar refractivity (Wildman–Crippen MR) is 103 cm³/mol. The first-order valence-corrected chi connectivity index (χ1v) is 9.28. The highest BCUT2D eigenvalue weighted by Crippen LogP contribution is 2.16. The van der Waals surface area contributed by atoms with Gasteiger partial charge in [0.1, 0.15) is 24.0 Å². The highest BCUT2D eigenvalue weighted by molar-refractivity contribution is 5.92. The summed E-state index contributed by atoms with van der Waals surface area (Å²) in [5.74, 6) is -3.63. The Morgan fingerprint density at radius 1 is 1.03 bits per heavy atom. The third-order valence-corrected chi connectivity index (χ3v) is 4.81. The molecule has 0 radical (unpaired) electrons. The van der Waals surface area contributed by atoms with E-state index >= 15 is 0 Å². The van der Waals surface area contributed by atoms with Crippen LogP contribution >= 0.6 is 0 Å². The molecule has 1 N–H and O–H groups in total. The second kappa shape index (κ2) is 8.09. The smallest absolute Gasteiger partial charge is 0.330 e. The largest absolute Gasteiger partial charge is 0.346 e. The van der Waals surface area contributed by atoms with Crippen molar-refractivity contribution in [3.8, 4) is 0 Å². The molecule has 1 aliphatic rings. The molecule has 0 atom stereocenters. The lowest BCUT2D eigenvalue weighted by Crippen LogP contribution is -2.42. The normalized spacial score (nSPS) is 13.3. The zero-order chi connectivity index (χ0) is 22.1. The minimum absolute atomic E-state index is 0.00584. The summed E-state index contributed by atoms with van der Waals surface area (Å²) in [5.41, 5.74) is -0.750. The Labute approximate surface area is 173 Å². The van der Waals surface area contributed by atoms with Gasteiger partial charge in [0.05, 0.1) is 5.69 Å². The van der Waals surface area contributed by atoms with Crippen molar-refractivity contribution in [2.45, 2.75) is 19.6 Å². The van der Waals surface area contributed by atoms with Crippen LogP contribution in [0.4, 0.5) is 18.9 Å². The molecule has 0 spiro atoms. The van der Waals surface area contributed by atoms with Crippen molar-refractivity contribution in [3.63, 3.8) is 0 Å². The minimum Gasteiger partial charge on any atom is -0.330 e. The van der Waals surface area contributed by atoms with Crippen LogP contribution in [0.2, 0.25) is 0 Å². The van der Waals surface area contributed by atoms with Crippen LogP contribution < -0.4 is 11.0 Å². The average molecular weight is 431 g/mol. The highest BCUT2D eigenvalue weighted by atomic mass is 19.1. The zero-order valence-electron chi connectivity index (χ0n) is 16.0. The van der Waals surface area contributed by atoms with Crippen molar-refractivity contribution in [1.82, 2.24) is 19.2 Å². The topological polar surface area (TPSA) is 89.2 Å². The summed E-state index contributed by atoms with van der Waals surface area (Å²) in [5, 5.41) is 6.09. The van der Waals surface area contributed by atoms with Crippen molar-refractivity contribution < 1.29 is 22.8 Å². The number of hydrogen-bond acceptors (Lipinski definition) is 4. The van der Waals surface area contributed by atoms with Gasteiger partial charge >= 0.3 is 5.69 Å². The summed E-state index contributed by atoms with van der Waals surface area (Å²) in [7, 11) is 0. The first-order valence-electron chi connectivity index (χ1n) is 9.28. The van der Waals surface area contributed by atoms with Crippen LogP contribution in [0.15, 0.2) is 47.3 Å². The number of aromatic nitrogens is 3. The van der Waals surface area contributed by atoms with Gasteiger partial charge in [-0.15, -0.1) is 5.10 Å². The Morgan fingerprint density at radius 3 is 2.58 bits per heavy atom. The van der Waals surface area contributed by atoms with Gasteiger partial charge in [-0.3, -0.25) is 14.2 Å². The number of rotatable bonds is 5. The fourth-order valence-corrected chi connectivity index (χ4v) is 3.27. The molecule has 1 aliphatic heterocycles. The summed E-state index contributed by atoms with van der Waals surface area (Å²) in [6.45, 7) is -0.317. The van der Waals surface area contributed by atoms with Gasteiger partial charge in [0.25, 0.3) is 5.91 Å². The van der Waals surface area contributed by atoms with Crippen LogP contribution in [0.5, 0.6) is 0 Å². The molecule has 2 amide bonds. The first kappa shape index (κ1) is 20.4. The summed E-state index contributed by atoms with van der Waals surface area (Å²) in [6.07, 6.45) is 0. The second-order valence-corrected chi connectivity index (χ2v) is 6.91. The number of fused-ring (bicyclic) bond motifs is 1. The molecule has 8 nitrogen and oxygen atoms in total. The molecule has 3 aromatic rings. The number of carbonyl (C=O) groups excluding carboxylic acids is 2. The zero-order valence-corrected chi connectivity index (χ0v) is 16.0. The maximum absolute atomic E-state index is 13.9. The number of anilines is 1. The monoisotopic (exact) mass is 431 g/mol. The Morgan fingerprint density at radius 2 is 1.81 bits per heavy atom. The van der Waals surface area contributed by atoms with Gasteiger partial charge in [-0.05, 0) is 18.2 Å². The molecule has 0 unspecified atom stereocenters. The number of carbonyl (C=O) groups is 2. The molecule has 0 saturated carbocycles. The first-order chi connectivity index (χ1) is 14.8. The van der Waals surface area contributed by atoms with Gasteiger partial charge in [-0.2, -0.15) is 0 Å².